The molecule has 32 heavy (non-hydrogen) atoms. The van der Waals surface area contributed by atoms with Crippen molar-refractivity contribution in [3.8, 4) is 5.75 Å². The van der Waals surface area contributed by atoms with Crippen LogP contribution < -0.4 is 4.74 Å². The maximum atomic E-state index is 13.0. The van der Waals surface area contributed by atoms with E-state index >= 15 is 0 Å². The number of esters is 1. The zero-order valence-electron chi connectivity index (χ0n) is 20.6. The second kappa shape index (κ2) is 11.0. The molecule has 0 fully saturated rings. The number of ketones is 1. The fourth-order valence-electron chi connectivity index (χ4n) is 3.75. The molecule has 0 bridgehead atoms. The summed E-state index contributed by atoms with van der Waals surface area (Å²) in [6.45, 7) is 13.6. The van der Waals surface area contributed by atoms with E-state index in [1.807, 2.05) is 51.3 Å². The van der Waals surface area contributed by atoms with Crippen molar-refractivity contribution in [3.63, 3.8) is 0 Å². The number of Topliss-reactive ketones (excluding diaryl/α,β-unsaturated/α-hetero) is 1. The number of carbonyl (C=O) groups is 2. The molecule has 0 saturated heterocycles. The first-order valence-corrected chi connectivity index (χ1v) is 12.4. The highest BCUT2D eigenvalue weighted by Crippen LogP contribution is 2.31. The van der Waals surface area contributed by atoms with E-state index in [1.165, 1.54) is 0 Å². The molecule has 2 aromatic rings. The van der Waals surface area contributed by atoms with Gasteiger partial charge in [-0.2, -0.15) is 0 Å². The summed E-state index contributed by atoms with van der Waals surface area (Å²) in [4.78, 5) is 26.3. The topological polar surface area (TPSA) is 52.6 Å². The van der Waals surface area contributed by atoms with Crippen LogP contribution in [0.15, 0.2) is 41.3 Å². The molecule has 2 aromatic carbocycles. The summed E-state index contributed by atoms with van der Waals surface area (Å²) >= 11 is 1.67. The standard InChI is InChI=1S/C27H36O4S/c1-9-30-26(29)27(6,7)31-25-18(3)15-21(16-19(25)4)14-17(2)20(5)24(28)22-10-12-23(32-8)13-11-22/h10-13,15-17,20H,9,14H2,1-8H3/t17?,20-/m1/s1. The van der Waals surface area contributed by atoms with Crippen molar-refractivity contribution >= 4 is 23.5 Å². The molecule has 0 spiro atoms. The molecule has 2 rings (SSSR count). The molecule has 0 heterocycles. The Balaban J connectivity index is 2.13. The van der Waals surface area contributed by atoms with E-state index in [2.05, 4.69) is 19.1 Å². The Hall–Kier alpha value is -2.27. The predicted molar refractivity (Wildman–Crippen MR) is 132 cm³/mol. The lowest BCUT2D eigenvalue weighted by atomic mass is 9.84. The van der Waals surface area contributed by atoms with Crippen LogP contribution in [0.3, 0.4) is 0 Å². The highest BCUT2D eigenvalue weighted by atomic mass is 32.2. The van der Waals surface area contributed by atoms with Crippen LogP contribution in [-0.2, 0) is 16.0 Å². The number of carbonyl (C=O) groups excluding carboxylic acids is 2. The van der Waals surface area contributed by atoms with Crippen LogP contribution in [0.5, 0.6) is 5.75 Å². The zero-order chi connectivity index (χ0) is 24.1. The molecule has 5 heteroatoms. The predicted octanol–water partition coefficient (Wildman–Crippen LogP) is 6.44. The number of benzene rings is 2. The minimum Gasteiger partial charge on any atom is -0.476 e. The Bertz CT molecular complexity index is 924. The monoisotopic (exact) mass is 456 g/mol. The lowest BCUT2D eigenvalue weighted by Gasteiger charge is -2.27. The summed E-state index contributed by atoms with van der Waals surface area (Å²) in [5.74, 6) is 0.597. The van der Waals surface area contributed by atoms with E-state index < -0.39 is 5.60 Å². The van der Waals surface area contributed by atoms with Crippen LogP contribution in [-0.4, -0.2) is 30.2 Å². The molecule has 0 aliphatic rings. The summed E-state index contributed by atoms with van der Waals surface area (Å²) in [6, 6.07) is 12.0. The molecule has 0 amide bonds. The molecule has 174 valence electrons. The fourth-order valence-corrected chi connectivity index (χ4v) is 4.15. The third kappa shape index (κ3) is 6.38. The van der Waals surface area contributed by atoms with Gasteiger partial charge in [-0.05, 0) is 82.0 Å². The molecule has 4 nitrogen and oxygen atoms in total. The second-order valence-corrected chi connectivity index (χ2v) is 9.83. The Morgan fingerprint density at radius 2 is 1.59 bits per heavy atom. The molecular formula is C27H36O4S. The van der Waals surface area contributed by atoms with E-state index in [1.54, 1.807) is 32.5 Å². The highest BCUT2D eigenvalue weighted by molar-refractivity contribution is 7.98. The van der Waals surface area contributed by atoms with Crippen molar-refractivity contribution < 1.29 is 19.1 Å². The van der Waals surface area contributed by atoms with Gasteiger partial charge < -0.3 is 9.47 Å². The molecule has 0 N–H and O–H groups in total. The van der Waals surface area contributed by atoms with E-state index in [-0.39, 0.29) is 23.6 Å². The number of rotatable bonds is 10. The Morgan fingerprint density at radius 3 is 2.09 bits per heavy atom. The van der Waals surface area contributed by atoms with Crippen molar-refractivity contribution in [3.05, 3.63) is 58.7 Å². The van der Waals surface area contributed by atoms with Gasteiger partial charge in [-0.1, -0.05) is 38.1 Å². The average Bonchev–Trinajstić information content (AvgIpc) is 2.75. The summed E-state index contributed by atoms with van der Waals surface area (Å²) in [5.41, 5.74) is 2.80. The quantitative estimate of drug-likeness (QED) is 0.234. The van der Waals surface area contributed by atoms with Crippen LogP contribution in [0, 0.1) is 25.7 Å². The van der Waals surface area contributed by atoms with Gasteiger partial charge in [-0.15, -0.1) is 11.8 Å². The van der Waals surface area contributed by atoms with E-state index in [0.717, 1.165) is 33.6 Å². The van der Waals surface area contributed by atoms with Crippen molar-refractivity contribution in [1.29, 1.82) is 0 Å². The maximum Gasteiger partial charge on any atom is 0.349 e. The van der Waals surface area contributed by atoms with E-state index in [9.17, 15) is 9.59 Å². The average molecular weight is 457 g/mol. The number of aryl methyl sites for hydroxylation is 2. The summed E-state index contributed by atoms with van der Waals surface area (Å²) in [7, 11) is 0. The second-order valence-electron chi connectivity index (χ2n) is 8.95. The third-order valence-corrected chi connectivity index (χ3v) is 6.59. The summed E-state index contributed by atoms with van der Waals surface area (Å²) < 4.78 is 11.2. The van der Waals surface area contributed by atoms with Gasteiger partial charge in [0, 0.05) is 16.4 Å². The van der Waals surface area contributed by atoms with Gasteiger partial charge in [0.05, 0.1) is 6.61 Å². The molecule has 1 unspecified atom stereocenters. The van der Waals surface area contributed by atoms with Gasteiger partial charge >= 0.3 is 5.97 Å². The SMILES string of the molecule is CCOC(=O)C(C)(C)Oc1c(C)cc(CC(C)[C@@H](C)C(=O)c2ccc(SC)cc2)cc1C. The van der Waals surface area contributed by atoms with E-state index in [4.69, 9.17) is 9.47 Å². The Morgan fingerprint density at radius 1 is 1.03 bits per heavy atom. The summed E-state index contributed by atoms with van der Waals surface area (Å²) in [5, 5.41) is 0. The number of ether oxygens (including phenoxy) is 2. The van der Waals surface area contributed by atoms with Crippen LogP contribution in [0.2, 0.25) is 0 Å². The van der Waals surface area contributed by atoms with Crippen LogP contribution in [0.25, 0.3) is 0 Å². The first-order valence-electron chi connectivity index (χ1n) is 11.1. The lowest BCUT2D eigenvalue weighted by molar-refractivity contribution is -0.158. The largest absolute Gasteiger partial charge is 0.476 e. The van der Waals surface area contributed by atoms with E-state index in [0.29, 0.717) is 12.4 Å². The van der Waals surface area contributed by atoms with Gasteiger partial charge in [-0.3, -0.25) is 4.79 Å². The third-order valence-electron chi connectivity index (χ3n) is 5.84. The maximum absolute atomic E-state index is 13.0. The smallest absolute Gasteiger partial charge is 0.349 e. The van der Waals surface area contributed by atoms with Gasteiger partial charge in [0.2, 0.25) is 0 Å². The van der Waals surface area contributed by atoms with Crippen molar-refractivity contribution in [2.24, 2.45) is 11.8 Å². The molecule has 0 aliphatic carbocycles. The molecule has 0 aromatic heterocycles. The van der Waals surface area contributed by atoms with Gasteiger partial charge in [0.25, 0.3) is 0 Å². The summed E-state index contributed by atoms with van der Waals surface area (Å²) in [6.07, 6.45) is 2.82. The van der Waals surface area contributed by atoms with Crippen molar-refractivity contribution in [2.45, 2.75) is 65.4 Å². The van der Waals surface area contributed by atoms with Gasteiger partial charge in [-0.25, -0.2) is 4.79 Å². The fraction of sp³-hybridized carbons (Fsp3) is 0.481. The minimum atomic E-state index is -1.06. The lowest BCUT2D eigenvalue weighted by Crippen LogP contribution is -2.40. The van der Waals surface area contributed by atoms with Gasteiger partial charge in [0.1, 0.15) is 5.75 Å². The molecular weight excluding hydrogens is 420 g/mol. The number of thioether (sulfide) groups is 1. The van der Waals surface area contributed by atoms with Crippen LogP contribution >= 0.6 is 11.8 Å². The first-order chi connectivity index (χ1) is 15.0. The molecule has 0 aliphatic heterocycles. The molecule has 0 saturated carbocycles. The Labute approximate surface area is 197 Å². The number of hydrogen-bond donors (Lipinski definition) is 0. The van der Waals surface area contributed by atoms with Crippen molar-refractivity contribution in [2.75, 3.05) is 12.9 Å². The Kier molecular flexibility index (Phi) is 8.97. The normalized spacial score (nSPS) is 13.4. The highest BCUT2D eigenvalue weighted by Gasteiger charge is 2.32. The molecule has 2 atom stereocenters. The first kappa shape index (κ1) is 26.0. The number of hydrogen-bond acceptors (Lipinski definition) is 5. The van der Waals surface area contributed by atoms with Gasteiger partial charge in [0.15, 0.2) is 11.4 Å². The minimum absolute atomic E-state index is 0.0885. The van der Waals surface area contributed by atoms with Crippen LogP contribution in [0.4, 0.5) is 0 Å². The van der Waals surface area contributed by atoms with Crippen molar-refractivity contribution in [1.82, 2.24) is 0 Å². The zero-order valence-corrected chi connectivity index (χ0v) is 21.4. The van der Waals surface area contributed by atoms with Crippen LogP contribution in [0.1, 0.15) is 61.7 Å². The molecule has 0 radical (unpaired) electrons.